The molecule has 96 valence electrons. The quantitative estimate of drug-likeness (QED) is 0.709. The summed E-state index contributed by atoms with van der Waals surface area (Å²) in [6.07, 6.45) is -0.386. The predicted molar refractivity (Wildman–Crippen MR) is 61.5 cm³/mol. The lowest BCUT2D eigenvalue weighted by atomic mass is 10.1. The van der Waals surface area contributed by atoms with Gasteiger partial charge in [0.15, 0.2) is 0 Å². The predicted octanol–water partition coefficient (Wildman–Crippen LogP) is 1.12. The van der Waals surface area contributed by atoms with Crippen LogP contribution >= 0.6 is 0 Å². The van der Waals surface area contributed by atoms with Crippen LogP contribution in [-0.4, -0.2) is 24.0 Å². The van der Waals surface area contributed by atoms with E-state index in [0.717, 1.165) is 11.0 Å². The molecule has 5 nitrogen and oxygen atoms in total. The molecule has 0 aromatic heterocycles. The smallest absolute Gasteiger partial charge is 0.263 e. The highest BCUT2D eigenvalue weighted by atomic mass is 19.1. The molecule has 0 radical (unpaired) electrons. The molecule has 2 aliphatic heterocycles. The summed E-state index contributed by atoms with van der Waals surface area (Å²) < 4.78 is 19.1. The fourth-order valence-corrected chi connectivity index (χ4v) is 2.39. The first-order valence-electron chi connectivity index (χ1n) is 5.84. The standard InChI is InChI=1S/C13H9FN2O3/c14-8-5-7(6-15)1-2-9(8)16-12(17)10-3-4-11(19-10)13(16)18/h1-2,5,10-11H,3-4H2. The van der Waals surface area contributed by atoms with E-state index in [-0.39, 0.29) is 11.3 Å². The lowest BCUT2D eigenvalue weighted by Gasteiger charge is -2.30. The number of fused-ring (bicyclic) bond motifs is 2. The van der Waals surface area contributed by atoms with Crippen LogP contribution < -0.4 is 4.90 Å². The van der Waals surface area contributed by atoms with Crippen molar-refractivity contribution < 1.29 is 18.7 Å². The number of amides is 2. The zero-order valence-corrected chi connectivity index (χ0v) is 9.80. The Labute approximate surface area is 108 Å². The monoisotopic (exact) mass is 260 g/mol. The maximum atomic E-state index is 13.9. The number of nitrogens with zero attached hydrogens (tertiary/aromatic N) is 2. The molecular formula is C13H9FN2O3. The molecule has 2 aliphatic rings. The van der Waals surface area contributed by atoms with Gasteiger partial charge < -0.3 is 4.74 Å². The zero-order valence-electron chi connectivity index (χ0n) is 9.80. The molecule has 2 saturated heterocycles. The molecule has 2 bridgehead atoms. The van der Waals surface area contributed by atoms with Crippen LogP contribution in [0, 0.1) is 17.1 Å². The van der Waals surface area contributed by atoms with Crippen molar-refractivity contribution in [1.29, 1.82) is 5.26 Å². The first-order valence-corrected chi connectivity index (χ1v) is 5.84. The van der Waals surface area contributed by atoms with Crippen molar-refractivity contribution in [2.75, 3.05) is 4.90 Å². The molecule has 6 heteroatoms. The Balaban J connectivity index is 2.04. The highest BCUT2D eigenvalue weighted by molar-refractivity contribution is 6.19. The number of benzene rings is 1. The van der Waals surface area contributed by atoms with Crippen LogP contribution in [0.1, 0.15) is 18.4 Å². The van der Waals surface area contributed by atoms with E-state index in [1.165, 1.54) is 12.1 Å². The summed E-state index contributed by atoms with van der Waals surface area (Å²) in [5.74, 6) is -1.84. The van der Waals surface area contributed by atoms with Crippen molar-refractivity contribution in [3.05, 3.63) is 29.6 Å². The number of carbonyl (C=O) groups is 2. The number of hydrogen-bond donors (Lipinski definition) is 0. The molecule has 19 heavy (non-hydrogen) atoms. The lowest BCUT2D eigenvalue weighted by molar-refractivity contribution is -0.146. The molecule has 0 N–H and O–H groups in total. The molecule has 2 heterocycles. The molecule has 0 spiro atoms. The minimum absolute atomic E-state index is 0.116. The number of morpholine rings is 1. The first kappa shape index (κ1) is 11.8. The van der Waals surface area contributed by atoms with E-state index < -0.39 is 29.8 Å². The highest BCUT2D eigenvalue weighted by Crippen LogP contribution is 2.33. The Morgan fingerprint density at radius 1 is 1.26 bits per heavy atom. The van der Waals surface area contributed by atoms with E-state index in [4.69, 9.17) is 10.00 Å². The van der Waals surface area contributed by atoms with Gasteiger partial charge in [0, 0.05) is 0 Å². The van der Waals surface area contributed by atoms with Crippen molar-refractivity contribution in [1.82, 2.24) is 0 Å². The lowest BCUT2D eigenvalue weighted by Crippen LogP contribution is -2.52. The number of imide groups is 1. The van der Waals surface area contributed by atoms with E-state index in [9.17, 15) is 14.0 Å². The van der Waals surface area contributed by atoms with Gasteiger partial charge in [-0.05, 0) is 31.0 Å². The molecule has 0 saturated carbocycles. The van der Waals surface area contributed by atoms with E-state index in [2.05, 4.69) is 0 Å². The Bertz CT molecular complexity index is 601. The Kier molecular flexibility index (Phi) is 2.57. The fourth-order valence-electron chi connectivity index (χ4n) is 2.39. The van der Waals surface area contributed by atoms with Gasteiger partial charge in [-0.3, -0.25) is 9.59 Å². The Morgan fingerprint density at radius 2 is 1.89 bits per heavy atom. The van der Waals surface area contributed by atoms with Gasteiger partial charge in [0.05, 0.1) is 17.3 Å². The third kappa shape index (κ3) is 1.71. The van der Waals surface area contributed by atoms with E-state index in [1.807, 2.05) is 0 Å². The van der Waals surface area contributed by atoms with Gasteiger partial charge in [0.25, 0.3) is 11.8 Å². The second-order valence-corrected chi connectivity index (χ2v) is 4.48. The van der Waals surface area contributed by atoms with Crippen molar-refractivity contribution >= 4 is 17.5 Å². The average molecular weight is 260 g/mol. The molecule has 2 amide bonds. The van der Waals surface area contributed by atoms with Crippen molar-refractivity contribution in [2.45, 2.75) is 25.0 Å². The maximum absolute atomic E-state index is 13.9. The van der Waals surface area contributed by atoms with Crippen LogP contribution in [0.2, 0.25) is 0 Å². The summed E-state index contributed by atoms with van der Waals surface area (Å²) in [6.45, 7) is 0. The largest absolute Gasteiger partial charge is 0.355 e. The Morgan fingerprint density at radius 3 is 2.42 bits per heavy atom. The summed E-state index contributed by atoms with van der Waals surface area (Å²) in [5, 5.41) is 8.68. The number of nitriles is 1. The van der Waals surface area contributed by atoms with Crippen LogP contribution in [0.25, 0.3) is 0 Å². The van der Waals surface area contributed by atoms with Gasteiger partial charge in [-0.1, -0.05) is 0 Å². The second-order valence-electron chi connectivity index (χ2n) is 4.48. The number of anilines is 1. The van der Waals surface area contributed by atoms with E-state index in [1.54, 1.807) is 6.07 Å². The highest BCUT2D eigenvalue weighted by Gasteiger charge is 2.47. The molecule has 0 aliphatic carbocycles. The summed E-state index contributed by atoms with van der Waals surface area (Å²) in [6, 6.07) is 5.45. The minimum atomic E-state index is -0.762. The normalized spacial score (nSPS) is 25.6. The molecule has 1 aromatic rings. The first-order chi connectivity index (χ1) is 9.11. The van der Waals surface area contributed by atoms with Crippen LogP contribution in [0.5, 0.6) is 0 Å². The van der Waals surface area contributed by atoms with Crippen molar-refractivity contribution in [2.24, 2.45) is 0 Å². The van der Waals surface area contributed by atoms with Gasteiger partial charge in [0.1, 0.15) is 18.0 Å². The summed E-state index contributed by atoms with van der Waals surface area (Å²) in [7, 11) is 0. The van der Waals surface area contributed by atoms with Gasteiger partial charge >= 0.3 is 0 Å². The number of hydrogen-bond acceptors (Lipinski definition) is 4. The number of rotatable bonds is 1. The molecule has 3 rings (SSSR count). The summed E-state index contributed by atoms with van der Waals surface area (Å²) >= 11 is 0. The SMILES string of the molecule is N#Cc1ccc(N2C(=O)C3CCC(O3)C2=O)c(F)c1. The van der Waals surface area contributed by atoms with E-state index in [0.29, 0.717) is 12.8 Å². The zero-order chi connectivity index (χ0) is 13.6. The second kappa shape index (κ2) is 4.14. The topological polar surface area (TPSA) is 70.4 Å². The fraction of sp³-hybridized carbons (Fsp3) is 0.308. The van der Waals surface area contributed by atoms with Crippen LogP contribution in [-0.2, 0) is 14.3 Å². The van der Waals surface area contributed by atoms with Crippen molar-refractivity contribution in [3.63, 3.8) is 0 Å². The Hall–Kier alpha value is -2.26. The minimum Gasteiger partial charge on any atom is -0.355 e. The van der Waals surface area contributed by atoms with Crippen LogP contribution in [0.15, 0.2) is 18.2 Å². The van der Waals surface area contributed by atoms with Crippen LogP contribution in [0.3, 0.4) is 0 Å². The molecule has 2 atom stereocenters. The number of halogens is 1. The van der Waals surface area contributed by atoms with Gasteiger partial charge in [-0.2, -0.15) is 5.26 Å². The third-order valence-corrected chi connectivity index (χ3v) is 3.33. The van der Waals surface area contributed by atoms with Crippen molar-refractivity contribution in [3.8, 4) is 6.07 Å². The van der Waals surface area contributed by atoms with Gasteiger partial charge in [-0.15, -0.1) is 0 Å². The average Bonchev–Trinajstić information content (AvgIpc) is 2.85. The summed E-state index contributed by atoms with van der Waals surface area (Å²) in [5.41, 5.74) is 0.0200. The van der Waals surface area contributed by atoms with Gasteiger partial charge in [0.2, 0.25) is 0 Å². The third-order valence-electron chi connectivity index (χ3n) is 3.33. The summed E-state index contributed by atoms with van der Waals surface area (Å²) in [4.78, 5) is 24.9. The molecule has 2 fully saturated rings. The number of ether oxygens (including phenoxy) is 1. The maximum Gasteiger partial charge on any atom is 0.263 e. The molecule has 2 unspecified atom stereocenters. The molecule has 1 aromatic carbocycles. The van der Waals surface area contributed by atoms with E-state index >= 15 is 0 Å². The number of carbonyl (C=O) groups excluding carboxylic acids is 2. The van der Waals surface area contributed by atoms with Gasteiger partial charge in [-0.25, -0.2) is 9.29 Å². The molecular weight excluding hydrogens is 251 g/mol. The van der Waals surface area contributed by atoms with Crippen LogP contribution in [0.4, 0.5) is 10.1 Å².